The molecule has 3 aromatic rings. The van der Waals surface area contributed by atoms with Crippen molar-refractivity contribution in [2.24, 2.45) is 0 Å². The second-order valence-corrected chi connectivity index (χ2v) is 10.4. The number of hydrogen-bond donors (Lipinski definition) is 2. The largest absolute Gasteiger partial charge is 0.306 e. The van der Waals surface area contributed by atoms with Crippen LogP contribution in [-0.4, -0.2) is 35.1 Å². The van der Waals surface area contributed by atoms with Crippen LogP contribution >= 0.6 is 0 Å². The lowest BCUT2D eigenvalue weighted by Gasteiger charge is -2.13. The molecule has 0 spiro atoms. The first-order valence-corrected chi connectivity index (χ1v) is 11.6. The summed E-state index contributed by atoms with van der Waals surface area (Å²) in [4.78, 5) is 17.4. The Morgan fingerprint density at radius 1 is 1.10 bits per heavy atom. The van der Waals surface area contributed by atoms with Crippen molar-refractivity contribution in [3.05, 3.63) is 66.0 Å². The van der Waals surface area contributed by atoms with Crippen LogP contribution in [0, 0.1) is 0 Å². The minimum absolute atomic E-state index is 0.00831. The van der Waals surface area contributed by atoms with Crippen molar-refractivity contribution in [1.82, 2.24) is 19.5 Å². The summed E-state index contributed by atoms with van der Waals surface area (Å²) in [6.07, 6.45) is 3.33. The van der Waals surface area contributed by atoms with Crippen molar-refractivity contribution in [2.75, 3.05) is 5.32 Å². The van der Waals surface area contributed by atoms with Gasteiger partial charge in [-0.15, -0.1) is 0 Å². The van der Waals surface area contributed by atoms with Crippen molar-refractivity contribution in [2.45, 2.75) is 50.0 Å². The minimum atomic E-state index is -3.65. The van der Waals surface area contributed by atoms with Crippen LogP contribution < -0.4 is 10.0 Å². The molecular formula is C22H25N5O3S. The zero-order valence-corrected chi connectivity index (χ0v) is 18.5. The highest BCUT2D eigenvalue weighted by Gasteiger charge is 2.28. The van der Waals surface area contributed by atoms with E-state index in [4.69, 9.17) is 0 Å². The van der Waals surface area contributed by atoms with Crippen LogP contribution in [0.3, 0.4) is 0 Å². The van der Waals surface area contributed by atoms with E-state index in [9.17, 15) is 13.2 Å². The third-order valence-corrected chi connectivity index (χ3v) is 6.41. The molecule has 1 amide bonds. The number of nitrogens with one attached hydrogen (secondary N) is 2. The predicted octanol–water partition coefficient (Wildman–Crippen LogP) is 3.26. The number of anilines is 1. The van der Waals surface area contributed by atoms with Crippen LogP contribution in [0.1, 0.15) is 49.7 Å². The highest BCUT2D eigenvalue weighted by atomic mass is 32.2. The van der Waals surface area contributed by atoms with E-state index in [1.807, 2.05) is 32.9 Å². The Balaban J connectivity index is 1.64. The van der Waals surface area contributed by atoms with Crippen LogP contribution in [0.5, 0.6) is 0 Å². The zero-order chi connectivity index (χ0) is 22.2. The molecule has 0 aliphatic heterocycles. The number of benzene rings is 1. The summed E-state index contributed by atoms with van der Waals surface area (Å²) in [5.41, 5.74) is 0.797. The van der Waals surface area contributed by atoms with Gasteiger partial charge in [-0.1, -0.05) is 32.9 Å². The minimum Gasteiger partial charge on any atom is -0.306 e. The average Bonchev–Trinajstić information content (AvgIpc) is 3.42. The van der Waals surface area contributed by atoms with E-state index in [0.717, 1.165) is 18.5 Å². The summed E-state index contributed by atoms with van der Waals surface area (Å²) < 4.78 is 29.2. The van der Waals surface area contributed by atoms with Crippen LogP contribution in [0.15, 0.2) is 59.6 Å². The summed E-state index contributed by atoms with van der Waals surface area (Å²) in [7, 11) is -3.65. The lowest BCUT2D eigenvalue weighted by atomic mass is 9.92. The molecule has 1 aromatic carbocycles. The number of nitrogens with zero attached hydrogens (tertiary/aromatic N) is 3. The van der Waals surface area contributed by atoms with Gasteiger partial charge in [-0.25, -0.2) is 18.1 Å². The van der Waals surface area contributed by atoms with E-state index in [1.165, 1.54) is 12.1 Å². The molecule has 1 fully saturated rings. The van der Waals surface area contributed by atoms with Crippen LogP contribution in [0.4, 0.5) is 5.82 Å². The smallest absolute Gasteiger partial charge is 0.256 e. The van der Waals surface area contributed by atoms with Gasteiger partial charge in [0.15, 0.2) is 5.82 Å². The summed E-state index contributed by atoms with van der Waals surface area (Å²) in [6, 6.07) is 13.2. The number of amides is 1. The normalized spacial score (nSPS) is 14.4. The molecule has 0 atom stereocenters. The van der Waals surface area contributed by atoms with Crippen molar-refractivity contribution in [3.8, 4) is 5.82 Å². The van der Waals surface area contributed by atoms with Crippen molar-refractivity contribution >= 4 is 21.7 Å². The van der Waals surface area contributed by atoms with Gasteiger partial charge in [-0.2, -0.15) is 9.78 Å². The van der Waals surface area contributed by atoms with Crippen LogP contribution in [-0.2, 0) is 15.4 Å². The summed E-state index contributed by atoms with van der Waals surface area (Å²) in [6.45, 7) is 6.10. The van der Waals surface area contributed by atoms with Gasteiger partial charge in [0, 0.05) is 29.3 Å². The maximum Gasteiger partial charge on any atom is 0.256 e. The van der Waals surface area contributed by atoms with E-state index in [2.05, 4.69) is 20.1 Å². The highest BCUT2D eigenvalue weighted by Crippen LogP contribution is 2.26. The third-order valence-electron chi connectivity index (χ3n) is 4.89. The Bertz CT molecular complexity index is 1210. The fraction of sp³-hybridized carbons (Fsp3) is 0.318. The van der Waals surface area contributed by atoms with Gasteiger partial charge in [0.2, 0.25) is 10.0 Å². The summed E-state index contributed by atoms with van der Waals surface area (Å²) in [5, 5.41) is 7.48. The van der Waals surface area contributed by atoms with Gasteiger partial charge in [0.1, 0.15) is 5.82 Å². The lowest BCUT2D eigenvalue weighted by molar-refractivity contribution is 0.102. The lowest BCUT2D eigenvalue weighted by Crippen LogP contribution is -2.26. The van der Waals surface area contributed by atoms with E-state index in [0.29, 0.717) is 11.6 Å². The van der Waals surface area contributed by atoms with Crippen molar-refractivity contribution in [1.29, 1.82) is 0 Å². The van der Waals surface area contributed by atoms with Gasteiger partial charge in [-0.3, -0.25) is 4.79 Å². The Morgan fingerprint density at radius 2 is 1.87 bits per heavy atom. The summed E-state index contributed by atoms with van der Waals surface area (Å²) >= 11 is 0. The molecule has 162 valence electrons. The number of hydrogen-bond acceptors (Lipinski definition) is 5. The molecule has 2 heterocycles. The van der Waals surface area contributed by atoms with Gasteiger partial charge in [0.25, 0.3) is 5.91 Å². The molecule has 9 heteroatoms. The number of sulfonamides is 1. The van der Waals surface area contributed by atoms with E-state index >= 15 is 0 Å². The Hall–Kier alpha value is -3.04. The quantitative estimate of drug-likeness (QED) is 0.613. The number of aromatic nitrogens is 3. The monoisotopic (exact) mass is 439 g/mol. The number of pyridine rings is 1. The van der Waals surface area contributed by atoms with Gasteiger partial charge >= 0.3 is 0 Å². The molecule has 0 saturated heterocycles. The first-order valence-electron chi connectivity index (χ1n) is 10.1. The molecule has 8 nitrogen and oxygen atoms in total. The third kappa shape index (κ3) is 4.83. The van der Waals surface area contributed by atoms with E-state index < -0.39 is 15.9 Å². The van der Waals surface area contributed by atoms with Crippen LogP contribution in [0.25, 0.3) is 5.82 Å². The first kappa shape index (κ1) is 21.2. The molecule has 2 aromatic heterocycles. The number of carbonyl (C=O) groups excluding carboxylic acids is 1. The fourth-order valence-electron chi connectivity index (χ4n) is 2.97. The van der Waals surface area contributed by atoms with Gasteiger partial charge < -0.3 is 5.32 Å². The molecule has 0 radical (unpaired) electrons. The second kappa shape index (κ2) is 7.90. The molecule has 1 aliphatic rings. The molecular weight excluding hydrogens is 414 g/mol. The van der Waals surface area contributed by atoms with Crippen LogP contribution in [0.2, 0.25) is 0 Å². The number of rotatable bonds is 6. The SMILES string of the molecule is CC(C)(C)c1cc(NC(=O)c2cccc(S(=O)(=O)NC3CC3)c2)n(-c2ccccn2)n1. The standard InChI is InChI=1S/C22H25N5O3S/c1-22(2,3)18-14-20(27(25-18)19-9-4-5-12-23-19)24-21(28)15-7-6-8-17(13-15)31(29,30)26-16-10-11-16/h4-9,12-14,16,26H,10-11H2,1-3H3,(H,24,28). The fourth-order valence-corrected chi connectivity index (χ4v) is 4.32. The molecule has 31 heavy (non-hydrogen) atoms. The predicted molar refractivity (Wildman–Crippen MR) is 118 cm³/mol. The van der Waals surface area contributed by atoms with E-state index in [1.54, 1.807) is 35.1 Å². The Labute approximate surface area is 181 Å². The molecule has 4 rings (SSSR count). The molecule has 1 saturated carbocycles. The average molecular weight is 440 g/mol. The Morgan fingerprint density at radius 3 is 2.52 bits per heavy atom. The second-order valence-electron chi connectivity index (χ2n) is 8.64. The molecule has 2 N–H and O–H groups in total. The maximum atomic E-state index is 13.0. The molecule has 0 bridgehead atoms. The topological polar surface area (TPSA) is 106 Å². The van der Waals surface area contributed by atoms with Crippen molar-refractivity contribution < 1.29 is 13.2 Å². The maximum absolute atomic E-state index is 13.0. The Kier molecular flexibility index (Phi) is 5.40. The summed E-state index contributed by atoms with van der Waals surface area (Å²) in [5.74, 6) is 0.595. The molecule has 1 aliphatic carbocycles. The van der Waals surface area contributed by atoms with E-state index in [-0.39, 0.29) is 21.9 Å². The first-order chi connectivity index (χ1) is 14.6. The van der Waals surface area contributed by atoms with Gasteiger partial charge in [-0.05, 0) is 43.2 Å². The number of carbonyl (C=O) groups is 1. The zero-order valence-electron chi connectivity index (χ0n) is 17.7. The van der Waals surface area contributed by atoms with Gasteiger partial charge in [0.05, 0.1) is 10.6 Å². The van der Waals surface area contributed by atoms with Crippen molar-refractivity contribution in [3.63, 3.8) is 0 Å². The molecule has 0 unspecified atom stereocenters. The highest BCUT2D eigenvalue weighted by molar-refractivity contribution is 7.89.